The lowest BCUT2D eigenvalue weighted by Gasteiger charge is -2.32. The number of hydrogen-bond acceptors (Lipinski definition) is 9. The standard InChI is InChI=1S/C30H29ClFN7O4/c31-21-5-4-19(23(32)13-21)17-42-27-3-1-2-24(35-27)18-6-9-38(10-7-18)16-26-34-25-12-20(28-36-30(40)43-37-28)14-33-29(25)39(26)15-22-8-11-41-22/h1-5,12-14,18,22H,6-11,15-17H2,(H,36,37,40)/t22-/m0/s1. The van der Waals surface area contributed by atoms with Crippen LogP contribution in [0.5, 0.6) is 5.88 Å². The van der Waals surface area contributed by atoms with Crippen molar-refractivity contribution in [1.29, 1.82) is 0 Å². The number of likely N-dealkylation sites (tertiary alicyclic amines) is 1. The Morgan fingerprint density at radius 1 is 1.12 bits per heavy atom. The maximum Gasteiger partial charge on any atom is 0.439 e. The molecule has 0 bridgehead atoms. The molecule has 1 N–H and O–H groups in total. The van der Waals surface area contributed by atoms with Crippen molar-refractivity contribution < 1.29 is 18.4 Å². The second-order valence-corrected chi connectivity index (χ2v) is 11.3. The van der Waals surface area contributed by atoms with E-state index in [0.717, 1.165) is 61.6 Å². The first kappa shape index (κ1) is 27.7. The van der Waals surface area contributed by atoms with E-state index >= 15 is 0 Å². The Labute approximate surface area is 250 Å². The second-order valence-electron chi connectivity index (χ2n) is 10.9. The van der Waals surface area contributed by atoms with Crippen LogP contribution < -0.4 is 10.5 Å². The number of fused-ring (bicyclic) bond motifs is 1. The molecule has 0 aliphatic carbocycles. The highest BCUT2D eigenvalue weighted by Gasteiger charge is 2.26. The van der Waals surface area contributed by atoms with Crippen molar-refractivity contribution in [2.45, 2.75) is 51.0 Å². The van der Waals surface area contributed by atoms with Gasteiger partial charge < -0.3 is 14.0 Å². The summed E-state index contributed by atoms with van der Waals surface area (Å²) in [5.74, 6) is 0.998. The lowest BCUT2D eigenvalue weighted by atomic mass is 9.93. The zero-order valence-electron chi connectivity index (χ0n) is 23.2. The quantitative estimate of drug-likeness (QED) is 0.254. The first-order valence-electron chi connectivity index (χ1n) is 14.3. The van der Waals surface area contributed by atoms with Gasteiger partial charge in [-0.2, -0.15) is 0 Å². The van der Waals surface area contributed by atoms with E-state index < -0.39 is 11.6 Å². The number of halogens is 2. The minimum atomic E-state index is -0.616. The van der Waals surface area contributed by atoms with Crippen molar-refractivity contribution in [3.05, 3.63) is 87.1 Å². The van der Waals surface area contributed by atoms with E-state index in [2.05, 4.69) is 29.1 Å². The number of hydrogen-bond donors (Lipinski definition) is 1. The Morgan fingerprint density at radius 2 is 1.98 bits per heavy atom. The summed E-state index contributed by atoms with van der Waals surface area (Å²) in [6.07, 6.45) is 4.70. The summed E-state index contributed by atoms with van der Waals surface area (Å²) in [7, 11) is 0. The van der Waals surface area contributed by atoms with Gasteiger partial charge in [0.2, 0.25) is 5.88 Å². The first-order valence-corrected chi connectivity index (χ1v) is 14.7. The monoisotopic (exact) mass is 605 g/mol. The molecule has 4 aromatic heterocycles. The highest BCUT2D eigenvalue weighted by atomic mass is 35.5. The molecule has 2 aliphatic rings. The maximum atomic E-state index is 14.2. The molecule has 0 unspecified atom stereocenters. The molecule has 0 radical (unpaired) electrons. The Balaban J connectivity index is 1.03. The van der Waals surface area contributed by atoms with Crippen LogP contribution in [0.2, 0.25) is 5.02 Å². The highest BCUT2D eigenvalue weighted by molar-refractivity contribution is 6.30. The summed E-state index contributed by atoms with van der Waals surface area (Å²) in [5, 5.41) is 4.13. The van der Waals surface area contributed by atoms with Gasteiger partial charge in [0.05, 0.1) is 19.2 Å². The number of benzene rings is 1. The predicted molar refractivity (Wildman–Crippen MR) is 155 cm³/mol. The van der Waals surface area contributed by atoms with Gasteiger partial charge in [0.1, 0.15) is 23.8 Å². The molecule has 0 saturated carbocycles. The SMILES string of the molecule is O=c1[nH]c(-c2cnc3c(c2)nc(CN2CCC(c4cccc(OCc5ccc(Cl)cc5F)n4)CC2)n3C[C@@H]2CCO2)no1. The Kier molecular flexibility index (Phi) is 7.64. The Morgan fingerprint density at radius 3 is 2.72 bits per heavy atom. The zero-order valence-corrected chi connectivity index (χ0v) is 24.0. The van der Waals surface area contributed by atoms with Gasteiger partial charge in [-0.1, -0.05) is 28.9 Å². The normalized spacial score (nSPS) is 17.8. The van der Waals surface area contributed by atoms with Crippen LogP contribution >= 0.6 is 11.6 Å². The molecular weight excluding hydrogens is 577 g/mol. The molecule has 6 heterocycles. The van der Waals surface area contributed by atoms with Gasteiger partial charge in [0.25, 0.3) is 0 Å². The largest absolute Gasteiger partial charge is 0.473 e. The molecule has 0 amide bonds. The molecule has 1 aromatic carbocycles. The number of aromatic amines is 1. The van der Waals surface area contributed by atoms with Crippen LogP contribution in [0.15, 0.2) is 58.0 Å². The van der Waals surface area contributed by atoms with Crippen molar-refractivity contribution in [3.8, 4) is 17.3 Å². The third kappa shape index (κ3) is 6.03. The fourth-order valence-electron chi connectivity index (χ4n) is 5.60. The molecule has 2 fully saturated rings. The van der Waals surface area contributed by atoms with E-state index in [1.807, 2.05) is 18.2 Å². The van der Waals surface area contributed by atoms with Crippen molar-refractivity contribution in [1.82, 2.24) is 34.6 Å². The van der Waals surface area contributed by atoms with Crippen molar-refractivity contribution >= 4 is 22.8 Å². The first-order chi connectivity index (χ1) is 21.0. The van der Waals surface area contributed by atoms with E-state index in [9.17, 15) is 9.18 Å². The minimum Gasteiger partial charge on any atom is -0.473 e. The summed E-state index contributed by atoms with van der Waals surface area (Å²) in [4.78, 5) is 30.7. The summed E-state index contributed by atoms with van der Waals surface area (Å²) in [6, 6.07) is 12.2. The van der Waals surface area contributed by atoms with Gasteiger partial charge in [0.15, 0.2) is 11.5 Å². The number of H-pyrrole nitrogens is 1. The van der Waals surface area contributed by atoms with E-state index in [1.165, 1.54) is 6.07 Å². The fourth-order valence-corrected chi connectivity index (χ4v) is 5.76. The average molecular weight is 606 g/mol. The molecular formula is C30H29ClFN7O4. The van der Waals surface area contributed by atoms with Gasteiger partial charge in [-0.25, -0.2) is 24.1 Å². The number of piperidine rings is 1. The summed E-state index contributed by atoms with van der Waals surface area (Å²) in [5.41, 5.74) is 3.54. The smallest absolute Gasteiger partial charge is 0.439 e. The van der Waals surface area contributed by atoms with E-state index in [0.29, 0.717) is 46.9 Å². The molecule has 7 rings (SSSR count). The number of rotatable bonds is 9. The number of nitrogens with zero attached hydrogens (tertiary/aromatic N) is 6. The molecule has 13 heteroatoms. The number of nitrogens with one attached hydrogen (secondary N) is 1. The van der Waals surface area contributed by atoms with Gasteiger partial charge in [-0.05, 0) is 56.6 Å². The van der Waals surface area contributed by atoms with Crippen LogP contribution in [0.3, 0.4) is 0 Å². The third-order valence-corrected chi connectivity index (χ3v) is 8.30. The molecule has 11 nitrogen and oxygen atoms in total. The van der Waals surface area contributed by atoms with Crippen LogP contribution in [0.1, 0.15) is 42.3 Å². The maximum absolute atomic E-state index is 14.2. The van der Waals surface area contributed by atoms with E-state index in [1.54, 1.807) is 24.4 Å². The Hall–Kier alpha value is -4.13. The Bertz CT molecular complexity index is 1810. The topological polar surface area (TPSA) is 124 Å². The zero-order chi connectivity index (χ0) is 29.3. The van der Waals surface area contributed by atoms with Crippen LogP contribution in [-0.4, -0.2) is 60.4 Å². The lowest BCUT2D eigenvalue weighted by molar-refractivity contribution is -0.0593. The van der Waals surface area contributed by atoms with Crippen LogP contribution in [0, 0.1) is 5.82 Å². The second kappa shape index (κ2) is 11.9. The van der Waals surface area contributed by atoms with Crippen LogP contribution in [0.4, 0.5) is 4.39 Å². The third-order valence-electron chi connectivity index (χ3n) is 8.06. The lowest BCUT2D eigenvalue weighted by Crippen LogP contribution is -2.35. The minimum absolute atomic E-state index is 0.0810. The molecule has 2 saturated heterocycles. The molecule has 5 aromatic rings. The number of ether oxygens (including phenoxy) is 2. The van der Waals surface area contributed by atoms with E-state index in [-0.39, 0.29) is 12.7 Å². The van der Waals surface area contributed by atoms with Crippen molar-refractivity contribution in [2.75, 3.05) is 19.7 Å². The summed E-state index contributed by atoms with van der Waals surface area (Å²) >= 11 is 5.85. The number of imidazole rings is 1. The molecule has 0 spiro atoms. The molecule has 2 aliphatic heterocycles. The van der Waals surface area contributed by atoms with Crippen LogP contribution in [0.25, 0.3) is 22.6 Å². The molecule has 43 heavy (non-hydrogen) atoms. The van der Waals surface area contributed by atoms with Gasteiger partial charge in [0, 0.05) is 46.6 Å². The van der Waals surface area contributed by atoms with Gasteiger partial charge in [-0.15, -0.1) is 0 Å². The average Bonchev–Trinajstić information content (AvgIpc) is 3.57. The molecule has 1 atom stereocenters. The highest BCUT2D eigenvalue weighted by Crippen LogP contribution is 2.30. The van der Waals surface area contributed by atoms with Gasteiger partial charge >= 0.3 is 5.76 Å². The summed E-state index contributed by atoms with van der Waals surface area (Å²) in [6.45, 7) is 3.99. The van der Waals surface area contributed by atoms with Crippen LogP contribution in [-0.2, 0) is 24.4 Å². The molecule has 222 valence electrons. The van der Waals surface area contributed by atoms with Gasteiger partial charge in [-0.3, -0.25) is 14.4 Å². The number of pyridine rings is 2. The number of aromatic nitrogens is 6. The summed E-state index contributed by atoms with van der Waals surface area (Å²) < 4.78 is 32.5. The fraction of sp³-hybridized carbons (Fsp3) is 0.367. The van der Waals surface area contributed by atoms with Crippen molar-refractivity contribution in [2.24, 2.45) is 0 Å². The van der Waals surface area contributed by atoms with Crippen molar-refractivity contribution in [3.63, 3.8) is 0 Å². The van der Waals surface area contributed by atoms with E-state index in [4.69, 9.17) is 31.0 Å². The predicted octanol–water partition coefficient (Wildman–Crippen LogP) is 4.71.